The van der Waals surface area contributed by atoms with Crippen LogP contribution in [0.5, 0.6) is 0 Å². The summed E-state index contributed by atoms with van der Waals surface area (Å²) in [5, 5.41) is 11.1. The first-order valence-electron chi connectivity index (χ1n) is 2.58. The number of hydrogen-bond donors (Lipinski definition) is 1. The number of hydroxylamine groups is 2. The van der Waals surface area contributed by atoms with Crippen molar-refractivity contribution in [3.05, 3.63) is 16.6 Å². The van der Waals surface area contributed by atoms with Crippen LogP contribution in [0.1, 0.15) is 9.80 Å². The van der Waals surface area contributed by atoms with Gasteiger partial charge in [0.2, 0.25) is 0 Å². The molecule has 1 amide bonds. The molecule has 1 aromatic rings. The van der Waals surface area contributed by atoms with E-state index >= 15 is 0 Å². The quantitative estimate of drug-likeness (QED) is 0.481. The van der Waals surface area contributed by atoms with Gasteiger partial charge in [0.25, 0.3) is 0 Å². The van der Waals surface area contributed by atoms with Crippen LogP contribution in [-0.2, 0) is 0 Å². The van der Waals surface area contributed by atoms with Gasteiger partial charge in [0.15, 0.2) is 5.01 Å². The maximum Gasteiger partial charge on any atom is 0.305 e. The van der Waals surface area contributed by atoms with E-state index in [1.165, 1.54) is 24.6 Å². The number of nitrogens with zero attached hydrogens (tertiary/aromatic N) is 2. The Balaban J connectivity index is 2.78. The van der Waals surface area contributed by atoms with Gasteiger partial charge in [-0.05, 0) is 0 Å². The van der Waals surface area contributed by atoms with Gasteiger partial charge in [0.1, 0.15) is 0 Å². The van der Waals surface area contributed by atoms with Crippen LogP contribution in [0.2, 0.25) is 0 Å². The molecular weight excluding hydrogens is 152 g/mol. The summed E-state index contributed by atoms with van der Waals surface area (Å²) in [4.78, 5) is 14.5. The molecule has 0 aliphatic carbocycles. The molecule has 0 aliphatic heterocycles. The normalized spacial score (nSPS) is 9.40. The van der Waals surface area contributed by atoms with Crippen LogP contribution in [0.25, 0.3) is 0 Å². The van der Waals surface area contributed by atoms with E-state index in [0.717, 1.165) is 0 Å². The van der Waals surface area contributed by atoms with E-state index in [9.17, 15) is 4.79 Å². The highest BCUT2D eigenvalue weighted by atomic mass is 32.1. The molecule has 0 saturated carbocycles. The summed E-state index contributed by atoms with van der Waals surface area (Å²) in [5.41, 5.74) is 0. The second-order valence-corrected chi connectivity index (χ2v) is 2.56. The van der Waals surface area contributed by atoms with Gasteiger partial charge in [-0.2, -0.15) is 0 Å². The average Bonchev–Trinajstić information content (AvgIpc) is 2.36. The first-order chi connectivity index (χ1) is 4.72. The number of aromatic nitrogens is 1. The van der Waals surface area contributed by atoms with E-state index in [2.05, 4.69) is 4.98 Å². The molecule has 0 bridgehead atoms. The van der Waals surface area contributed by atoms with Gasteiger partial charge >= 0.3 is 5.91 Å². The minimum Gasteiger partial charge on any atom is -0.286 e. The molecule has 0 unspecified atom stereocenters. The van der Waals surface area contributed by atoms with Gasteiger partial charge in [0.05, 0.1) is 0 Å². The second kappa shape index (κ2) is 2.76. The van der Waals surface area contributed by atoms with Crippen molar-refractivity contribution in [3.8, 4) is 0 Å². The number of rotatable bonds is 1. The summed E-state index contributed by atoms with van der Waals surface area (Å²) in [6, 6.07) is 0. The average molecular weight is 158 g/mol. The fourth-order valence-corrected chi connectivity index (χ4v) is 1.07. The predicted octanol–water partition coefficient (Wildman–Crippen LogP) is 0.604. The monoisotopic (exact) mass is 158 g/mol. The first-order valence-corrected chi connectivity index (χ1v) is 3.46. The molecule has 10 heavy (non-hydrogen) atoms. The zero-order valence-corrected chi connectivity index (χ0v) is 6.13. The van der Waals surface area contributed by atoms with E-state index in [0.29, 0.717) is 10.1 Å². The summed E-state index contributed by atoms with van der Waals surface area (Å²) in [6.45, 7) is 0. The topological polar surface area (TPSA) is 53.4 Å². The van der Waals surface area contributed by atoms with Crippen molar-refractivity contribution in [2.24, 2.45) is 0 Å². The number of carbonyl (C=O) groups excluding carboxylic acids is 1. The molecule has 1 rings (SSSR count). The van der Waals surface area contributed by atoms with Crippen molar-refractivity contribution < 1.29 is 10.0 Å². The lowest BCUT2D eigenvalue weighted by Gasteiger charge is -2.03. The summed E-state index contributed by atoms with van der Waals surface area (Å²) in [7, 11) is 1.27. The summed E-state index contributed by atoms with van der Waals surface area (Å²) in [5.74, 6) is -0.477. The molecule has 0 saturated heterocycles. The SMILES string of the molecule is CN(O)C(=O)c1nccs1. The maximum absolute atomic E-state index is 10.8. The third-order valence-corrected chi connectivity index (χ3v) is 1.67. The Morgan fingerprint density at radius 1 is 1.90 bits per heavy atom. The third-order valence-electron chi connectivity index (χ3n) is 0.909. The van der Waals surface area contributed by atoms with E-state index in [-0.39, 0.29) is 0 Å². The molecule has 0 fully saturated rings. The molecule has 5 heteroatoms. The van der Waals surface area contributed by atoms with Crippen molar-refractivity contribution >= 4 is 17.2 Å². The lowest BCUT2D eigenvalue weighted by atomic mass is 10.6. The molecule has 1 heterocycles. The predicted molar refractivity (Wildman–Crippen MR) is 36.0 cm³/mol. The van der Waals surface area contributed by atoms with Gasteiger partial charge < -0.3 is 0 Å². The summed E-state index contributed by atoms with van der Waals surface area (Å²) >= 11 is 1.20. The first kappa shape index (κ1) is 7.17. The zero-order chi connectivity index (χ0) is 7.56. The molecule has 0 atom stereocenters. The summed E-state index contributed by atoms with van der Waals surface area (Å²) < 4.78 is 0. The lowest BCUT2D eigenvalue weighted by molar-refractivity contribution is -0.0375. The molecule has 4 nitrogen and oxygen atoms in total. The molecule has 1 N–H and O–H groups in total. The second-order valence-electron chi connectivity index (χ2n) is 1.67. The molecule has 54 valence electrons. The largest absolute Gasteiger partial charge is 0.305 e. The molecule has 0 radical (unpaired) electrons. The van der Waals surface area contributed by atoms with E-state index < -0.39 is 5.91 Å². The van der Waals surface area contributed by atoms with Crippen molar-refractivity contribution in [1.82, 2.24) is 10.0 Å². The van der Waals surface area contributed by atoms with E-state index in [1.54, 1.807) is 5.38 Å². The van der Waals surface area contributed by atoms with Crippen LogP contribution >= 0.6 is 11.3 Å². The van der Waals surface area contributed by atoms with Crippen molar-refractivity contribution in [3.63, 3.8) is 0 Å². The number of amides is 1. The molecule has 0 spiro atoms. The van der Waals surface area contributed by atoms with Crippen molar-refractivity contribution in [2.45, 2.75) is 0 Å². The maximum atomic E-state index is 10.8. The van der Waals surface area contributed by atoms with Gasteiger partial charge in [-0.1, -0.05) is 0 Å². The fourth-order valence-electron chi connectivity index (χ4n) is 0.467. The highest BCUT2D eigenvalue weighted by Crippen LogP contribution is 2.05. The highest BCUT2D eigenvalue weighted by Gasteiger charge is 2.10. The number of carbonyl (C=O) groups is 1. The number of hydrogen-bond acceptors (Lipinski definition) is 4. The Labute approximate surface area is 61.7 Å². The Bertz CT molecular complexity index is 220. The Morgan fingerprint density at radius 2 is 2.60 bits per heavy atom. The van der Waals surface area contributed by atoms with Crippen LogP contribution in [0.4, 0.5) is 0 Å². The molecule has 1 aromatic heterocycles. The van der Waals surface area contributed by atoms with E-state index in [1.807, 2.05) is 0 Å². The number of thiazole rings is 1. The van der Waals surface area contributed by atoms with Crippen molar-refractivity contribution in [2.75, 3.05) is 7.05 Å². The zero-order valence-electron chi connectivity index (χ0n) is 5.31. The Morgan fingerprint density at radius 3 is 3.00 bits per heavy atom. The minimum atomic E-state index is -0.477. The molecule has 0 aliphatic rings. The Hall–Kier alpha value is -0.940. The summed E-state index contributed by atoms with van der Waals surface area (Å²) in [6.07, 6.45) is 1.52. The van der Waals surface area contributed by atoms with Crippen LogP contribution in [0.15, 0.2) is 11.6 Å². The van der Waals surface area contributed by atoms with Crippen LogP contribution in [0.3, 0.4) is 0 Å². The van der Waals surface area contributed by atoms with Gasteiger partial charge in [-0.15, -0.1) is 11.3 Å². The highest BCUT2D eigenvalue weighted by molar-refractivity contribution is 7.11. The van der Waals surface area contributed by atoms with Crippen LogP contribution in [-0.4, -0.2) is 28.2 Å². The van der Waals surface area contributed by atoms with Crippen molar-refractivity contribution in [1.29, 1.82) is 0 Å². The van der Waals surface area contributed by atoms with Gasteiger partial charge in [-0.25, -0.2) is 10.0 Å². The lowest BCUT2D eigenvalue weighted by Crippen LogP contribution is -2.21. The standard InChI is InChI=1S/C5H6N2O2S/c1-7(9)5(8)4-6-2-3-10-4/h2-3,9H,1H3. The Kier molecular flexibility index (Phi) is 1.98. The molecular formula is C5H6N2O2S. The van der Waals surface area contributed by atoms with Gasteiger partial charge in [-0.3, -0.25) is 10.0 Å². The van der Waals surface area contributed by atoms with Crippen LogP contribution in [0, 0.1) is 0 Å². The van der Waals surface area contributed by atoms with E-state index in [4.69, 9.17) is 5.21 Å². The van der Waals surface area contributed by atoms with Crippen LogP contribution < -0.4 is 0 Å². The minimum absolute atomic E-state index is 0.296. The smallest absolute Gasteiger partial charge is 0.286 e. The van der Waals surface area contributed by atoms with Gasteiger partial charge in [0, 0.05) is 18.6 Å². The molecule has 0 aromatic carbocycles. The fraction of sp³-hybridized carbons (Fsp3) is 0.200. The third kappa shape index (κ3) is 1.31.